The van der Waals surface area contributed by atoms with Gasteiger partial charge in [0.15, 0.2) is 5.58 Å². The zero-order chi connectivity index (χ0) is 31.2. The third-order valence-electron chi connectivity index (χ3n) is 8.69. The summed E-state index contributed by atoms with van der Waals surface area (Å²) in [4.78, 5) is 7.34. The van der Waals surface area contributed by atoms with Gasteiger partial charge in [-0.25, -0.2) is 4.98 Å². The maximum absolute atomic E-state index is 6.71. The van der Waals surface area contributed by atoms with Crippen molar-refractivity contribution < 1.29 is 8.83 Å². The van der Waals surface area contributed by atoms with Crippen molar-refractivity contribution in [3.05, 3.63) is 170 Å². The maximum Gasteiger partial charge on any atom is 0.227 e. The molecule has 4 heteroatoms. The Hall–Kier alpha value is -6.39. The zero-order valence-corrected chi connectivity index (χ0v) is 25.4. The normalized spacial score (nSPS) is 11.4. The van der Waals surface area contributed by atoms with E-state index < -0.39 is 0 Å². The molecule has 4 nitrogen and oxygen atoms in total. The van der Waals surface area contributed by atoms with E-state index in [0.717, 1.165) is 61.2 Å². The van der Waals surface area contributed by atoms with Crippen LogP contribution < -0.4 is 4.90 Å². The van der Waals surface area contributed by atoms with Gasteiger partial charge in [0.25, 0.3) is 0 Å². The molecule has 2 heterocycles. The third-order valence-corrected chi connectivity index (χ3v) is 8.69. The summed E-state index contributed by atoms with van der Waals surface area (Å²) in [6, 6.07) is 58.5. The second kappa shape index (κ2) is 11.2. The molecule has 0 N–H and O–H groups in total. The molecule has 0 radical (unpaired) electrons. The monoisotopic (exact) mass is 604 g/mol. The van der Waals surface area contributed by atoms with E-state index in [1.54, 1.807) is 0 Å². The maximum atomic E-state index is 6.71. The number of oxazole rings is 1. The minimum absolute atomic E-state index is 0.569. The number of anilines is 3. The largest absolute Gasteiger partial charge is 0.456 e. The third kappa shape index (κ3) is 4.75. The molecule has 0 bridgehead atoms. The lowest BCUT2D eigenvalue weighted by Gasteiger charge is -2.26. The minimum Gasteiger partial charge on any atom is -0.456 e. The first-order valence-corrected chi connectivity index (χ1v) is 15.7. The Labute approximate surface area is 271 Å². The lowest BCUT2D eigenvalue weighted by Crippen LogP contribution is -2.10. The van der Waals surface area contributed by atoms with E-state index in [4.69, 9.17) is 13.8 Å². The van der Waals surface area contributed by atoms with Crippen LogP contribution in [0.3, 0.4) is 0 Å². The highest BCUT2D eigenvalue weighted by Crippen LogP contribution is 2.46. The van der Waals surface area contributed by atoms with Gasteiger partial charge in [0.1, 0.15) is 16.7 Å². The molecule has 2 aromatic heterocycles. The van der Waals surface area contributed by atoms with Gasteiger partial charge >= 0.3 is 0 Å². The number of para-hydroxylation sites is 2. The van der Waals surface area contributed by atoms with Gasteiger partial charge in [-0.05, 0) is 64.7 Å². The Morgan fingerprint density at radius 1 is 0.426 bits per heavy atom. The van der Waals surface area contributed by atoms with Crippen LogP contribution in [0, 0.1) is 0 Å². The SMILES string of the molecule is c1ccc(-c2ccc(-c3cccc(N(c4ccccc4)c4cc5oc6ccccc6c5c5nc(-c6ccccc6)oc45)c3)cc2)cc1. The molecule has 0 aliphatic heterocycles. The predicted molar refractivity (Wildman–Crippen MR) is 192 cm³/mol. The van der Waals surface area contributed by atoms with E-state index in [1.165, 1.54) is 11.1 Å². The van der Waals surface area contributed by atoms with Crippen LogP contribution in [-0.2, 0) is 0 Å². The van der Waals surface area contributed by atoms with Gasteiger partial charge in [-0.15, -0.1) is 0 Å². The van der Waals surface area contributed by atoms with Gasteiger partial charge in [-0.1, -0.05) is 121 Å². The average Bonchev–Trinajstić information content (AvgIpc) is 3.75. The average molecular weight is 605 g/mol. The van der Waals surface area contributed by atoms with Crippen molar-refractivity contribution in [1.29, 1.82) is 0 Å². The van der Waals surface area contributed by atoms with E-state index in [1.807, 2.05) is 60.7 Å². The second-order valence-electron chi connectivity index (χ2n) is 11.6. The van der Waals surface area contributed by atoms with Gasteiger partial charge in [0.2, 0.25) is 5.89 Å². The summed E-state index contributed by atoms with van der Waals surface area (Å²) in [5.41, 5.74) is 11.5. The summed E-state index contributed by atoms with van der Waals surface area (Å²) in [5.74, 6) is 0.569. The molecule has 7 aromatic carbocycles. The topological polar surface area (TPSA) is 42.4 Å². The molecule has 0 amide bonds. The van der Waals surface area contributed by atoms with E-state index in [-0.39, 0.29) is 0 Å². The van der Waals surface area contributed by atoms with Crippen molar-refractivity contribution in [2.75, 3.05) is 4.90 Å². The first-order chi connectivity index (χ1) is 23.3. The number of fused-ring (bicyclic) bond motifs is 5. The van der Waals surface area contributed by atoms with Gasteiger partial charge in [-0.3, -0.25) is 0 Å². The predicted octanol–water partition coefficient (Wildman–Crippen LogP) is 12.2. The van der Waals surface area contributed by atoms with E-state index in [9.17, 15) is 0 Å². The van der Waals surface area contributed by atoms with Crippen molar-refractivity contribution in [2.45, 2.75) is 0 Å². The smallest absolute Gasteiger partial charge is 0.227 e. The number of furan rings is 1. The first-order valence-electron chi connectivity index (χ1n) is 15.7. The summed E-state index contributed by atoms with van der Waals surface area (Å²) >= 11 is 0. The van der Waals surface area contributed by atoms with Crippen molar-refractivity contribution in [1.82, 2.24) is 4.98 Å². The van der Waals surface area contributed by atoms with Crippen LogP contribution in [0.25, 0.3) is 66.7 Å². The Morgan fingerprint density at radius 2 is 1.00 bits per heavy atom. The van der Waals surface area contributed by atoms with Crippen LogP contribution in [0.5, 0.6) is 0 Å². The fraction of sp³-hybridized carbons (Fsp3) is 0. The van der Waals surface area contributed by atoms with Crippen molar-refractivity contribution in [3.63, 3.8) is 0 Å². The minimum atomic E-state index is 0.569. The Balaban J connectivity index is 1.25. The van der Waals surface area contributed by atoms with Crippen LogP contribution >= 0.6 is 0 Å². The number of benzene rings is 7. The van der Waals surface area contributed by atoms with E-state index in [2.05, 4.69) is 114 Å². The summed E-state index contributed by atoms with van der Waals surface area (Å²) < 4.78 is 13.2. The molecule has 0 saturated heterocycles. The molecule has 9 aromatic rings. The molecule has 0 aliphatic rings. The first kappa shape index (κ1) is 27.0. The van der Waals surface area contributed by atoms with Crippen LogP contribution in [0.4, 0.5) is 17.1 Å². The summed E-state index contributed by atoms with van der Waals surface area (Å²) in [6.07, 6.45) is 0. The molecular weight excluding hydrogens is 576 g/mol. The quantitative estimate of drug-likeness (QED) is 0.189. The number of aromatic nitrogens is 1. The number of rotatable bonds is 6. The zero-order valence-electron chi connectivity index (χ0n) is 25.4. The molecule has 0 spiro atoms. The molecular formula is C43H28N2O2. The molecule has 0 atom stereocenters. The highest BCUT2D eigenvalue weighted by Gasteiger charge is 2.25. The number of hydrogen-bond donors (Lipinski definition) is 0. The van der Waals surface area contributed by atoms with Gasteiger partial charge in [-0.2, -0.15) is 0 Å². The van der Waals surface area contributed by atoms with Crippen LogP contribution in [0.15, 0.2) is 179 Å². The van der Waals surface area contributed by atoms with Crippen molar-refractivity contribution >= 4 is 50.1 Å². The fourth-order valence-electron chi connectivity index (χ4n) is 6.45. The lowest BCUT2D eigenvalue weighted by molar-refractivity contribution is 0.619. The second-order valence-corrected chi connectivity index (χ2v) is 11.6. The summed E-state index contributed by atoms with van der Waals surface area (Å²) in [5, 5.41) is 1.96. The Kier molecular flexibility index (Phi) is 6.43. The highest BCUT2D eigenvalue weighted by molar-refractivity contribution is 6.20. The molecule has 0 unspecified atom stereocenters. The van der Waals surface area contributed by atoms with Crippen LogP contribution in [0.2, 0.25) is 0 Å². The molecule has 9 rings (SSSR count). The molecule has 0 fully saturated rings. The number of nitrogens with zero attached hydrogens (tertiary/aromatic N) is 2. The van der Waals surface area contributed by atoms with Gasteiger partial charge in [0.05, 0.1) is 11.1 Å². The van der Waals surface area contributed by atoms with Crippen LogP contribution in [-0.4, -0.2) is 4.98 Å². The summed E-state index contributed by atoms with van der Waals surface area (Å²) in [6.45, 7) is 0. The van der Waals surface area contributed by atoms with Crippen LogP contribution in [0.1, 0.15) is 0 Å². The molecule has 222 valence electrons. The summed E-state index contributed by atoms with van der Waals surface area (Å²) in [7, 11) is 0. The molecule has 0 saturated carbocycles. The van der Waals surface area contributed by atoms with Crippen molar-refractivity contribution in [2.24, 2.45) is 0 Å². The Bertz CT molecular complexity index is 2500. The van der Waals surface area contributed by atoms with Crippen molar-refractivity contribution in [3.8, 4) is 33.7 Å². The van der Waals surface area contributed by atoms with Gasteiger partial charge < -0.3 is 13.7 Å². The standard InChI is InChI=1S/C43H28N2O2/c1-4-13-29(14-5-1)30-23-25-31(26-24-30)33-17-12-20-35(27-33)45(34-18-8-3-9-19-34)37-28-39-40(36-21-10-11-22-38(36)46-39)41-42(37)47-43(44-41)32-15-6-2-7-16-32/h1-28H. The lowest BCUT2D eigenvalue weighted by atomic mass is 9.99. The highest BCUT2D eigenvalue weighted by atomic mass is 16.4. The molecule has 47 heavy (non-hydrogen) atoms. The number of hydrogen-bond acceptors (Lipinski definition) is 4. The fourth-order valence-corrected chi connectivity index (χ4v) is 6.45. The van der Waals surface area contributed by atoms with E-state index in [0.29, 0.717) is 11.5 Å². The van der Waals surface area contributed by atoms with E-state index >= 15 is 0 Å². The molecule has 0 aliphatic carbocycles. The Morgan fingerprint density at radius 3 is 1.74 bits per heavy atom. The van der Waals surface area contributed by atoms with Gasteiger partial charge in [0, 0.05) is 28.4 Å².